The second-order valence-corrected chi connectivity index (χ2v) is 4.67. The fraction of sp³-hybridized carbons (Fsp3) is 0.583. The average Bonchev–Trinajstić information content (AvgIpc) is 2.59. The molecule has 1 saturated heterocycles. The van der Waals surface area contributed by atoms with Crippen molar-refractivity contribution in [3.63, 3.8) is 0 Å². The van der Waals surface area contributed by atoms with Crippen LogP contribution in [0.25, 0.3) is 0 Å². The summed E-state index contributed by atoms with van der Waals surface area (Å²) in [6.07, 6.45) is 1.63. The molecule has 1 aromatic heterocycles. The summed E-state index contributed by atoms with van der Waals surface area (Å²) in [5.74, 6) is 1.37. The lowest BCUT2D eigenvalue weighted by Crippen LogP contribution is -2.23. The fourth-order valence-electron chi connectivity index (χ4n) is 2.15. The molecule has 88 valence electrons. The van der Waals surface area contributed by atoms with Crippen molar-refractivity contribution >= 4 is 5.82 Å². The molecule has 2 heterocycles. The van der Waals surface area contributed by atoms with E-state index in [0.29, 0.717) is 23.2 Å². The molecule has 2 unspecified atom stereocenters. The van der Waals surface area contributed by atoms with E-state index < -0.39 is 0 Å². The highest BCUT2D eigenvalue weighted by atomic mass is 19.1. The zero-order chi connectivity index (χ0) is 11.7. The van der Waals surface area contributed by atoms with Crippen molar-refractivity contribution in [3.8, 4) is 0 Å². The van der Waals surface area contributed by atoms with E-state index >= 15 is 0 Å². The van der Waals surface area contributed by atoms with Crippen LogP contribution >= 0.6 is 0 Å². The Hall–Kier alpha value is -1.16. The lowest BCUT2D eigenvalue weighted by atomic mass is 10.0. The van der Waals surface area contributed by atoms with E-state index in [1.165, 1.54) is 0 Å². The highest BCUT2D eigenvalue weighted by molar-refractivity contribution is 5.44. The predicted molar refractivity (Wildman–Crippen MR) is 62.6 cm³/mol. The molecule has 0 saturated carbocycles. The van der Waals surface area contributed by atoms with E-state index in [4.69, 9.17) is 5.73 Å². The molecule has 3 nitrogen and oxygen atoms in total. The Bertz CT molecular complexity index is 371. The number of pyridine rings is 1. The molecule has 0 aliphatic carbocycles. The molecule has 0 bridgehead atoms. The molecule has 2 atom stereocenters. The monoisotopic (exact) mass is 223 g/mol. The lowest BCUT2D eigenvalue weighted by Gasteiger charge is -2.18. The third-order valence-electron chi connectivity index (χ3n) is 3.46. The van der Waals surface area contributed by atoms with Crippen molar-refractivity contribution in [1.82, 2.24) is 4.98 Å². The highest BCUT2D eigenvalue weighted by Crippen LogP contribution is 2.28. The first-order valence-electron chi connectivity index (χ1n) is 5.72. The number of halogens is 1. The highest BCUT2D eigenvalue weighted by Gasteiger charge is 2.28. The first kappa shape index (κ1) is 11.3. The van der Waals surface area contributed by atoms with E-state index in [-0.39, 0.29) is 12.4 Å². The quantitative estimate of drug-likeness (QED) is 0.831. The predicted octanol–water partition coefficient (Wildman–Crippen LogP) is 1.77. The van der Waals surface area contributed by atoms with Crippen molar-refractivity contribution in [2.75, 3.05) is 18.0 Å². The van der Waals surface area contributed by atoms with Crippen LogP contribution in [0.4, 0.5) is 10.2 Å². The van der Waals surface area contributed by atoms with E-state index in [2.05, 4.69) is 18.8 Å². The summed E-state index contributed by atoms with van der Waals surface area (Å²) in [5, 5.41) is 0. The van der Waals surface area contributed by atoms with Crippen LogP contribution < -0.4 is 10.6 Å². The van der Waals surface area contributed by atoms with E-state index in [1.807, 2.05) is 4.90 Å². The van der Waals surface area contributed by atoms with Gasteiger partial charge in [-0.15, -0.1) is 0 Å². The second-order valence-electron chi connectivity index (χ2n) is 4.67. The Morgan fingerprint density at radius 2 is 2.06 bits per heavy atom. The second kappa shape index (κ2) is 4.37. The molecule has 1 fully saturated rings. The number of nitrogens with zero attached hydrogens (tertiary/aromatic N) is 2. The largest absolute Gasteiger partial charge is 0.354 e. The number of hydrogen-bond acceptors (Lipinski definition) is 3. The van der Waals surface area contributed by atoms with Crippen LogP contribution in [-0.4, -0.2) is 18.1 Å². The molecular formula is C12H18FN3. The van der Waals surface area contributed by atoms with Gasteiger partial charge in [0.1, 0.15) is 0 Å². The van der Waals surface area contributed by atoms with Crippen LogP contribution in [0.2, 0.25) is 0 Å². The Morgan fingerprint density at radius 3 is 2.62 bits per heavy atom. The van der Waals surface area contributed by atoms with Gasteiger partial charge in [0.15, 0.2) is 11.6 Å². The van der Waals surface area contributed by atoms with Gasteiger partial charge in [-0.3, -0.25) is 0 Å². The molecule has 1 aliphatic heterocycles. The van der Waals surface area contributed by atoms with Gasteiger partial charge in [-0.25, -0.2) is 9.37 Å². The van der Waals surface area contributed by atoms with Crippen molar-refractivity contribution < 1.29 is 4.39 Å². The minimum atomic E-state index is -0.258. The smallest absolute Gasteiger partial charge is 0.170 e. The standard InChI is InChI=1S/C12H18FN3/c1-8-6-16(7-9(8)2)12-11(13)10(5-14)3-4-15-12/h3-4,8-9H,5-7,14H2,1-2H3. The van der Waals surface area contributed by atoms with Crippen molar-refractivity contribution in [2.45, 2.75) is 20.4 Å². The molecule has 0 amide bonds. The number of nitrogens with two attached hydrogens (primary N) is 1. The van der Waals surface area contributed by atoms with Crippen LogP contribution in [0.1, 0.15) is 19.4 Å². The number of rotatable bonds is 2. The van der Waals surface area contributed by atoms with Gasteiger partial charge in [0.2, 0.25) is 0 Å². The minimum Gasteiger partial charge on any atom is -0.354 e. The summed E-state index contributed by atoms with van der Waals surface area (Å²) >= 11 is 0. The van der Waals surface area contributed by atoms with Gasteiger partial charge in [0, 0.05) is 31.4 Å². The molecule has 4 heteroatoms. The normalized spacial score (nSPS) is 25.1. The lowest BCUT2D eigenvalue weighted by molar-refractivity contribution is 0.494. The van der Waals surface area contributed by atoms with Crippen LogP contribution in [0.5, 0.6) is 0 Å². The maximum absolute atomic E-state index is 14.0. The molecule has 16 heavy (non-hydrogen) atoms. The van der Waals surface area contributed by atoms with Crippen LogP contribution in [-0.2, 0) is 6.54 Å². The molecule has 0 radical (unpaired) electrons. The van der Waals surface area contributed by atoms with Crippen LogP contribution in [0, 0.1) is 17.7 Å². The van der Waals surface area contributed by atoms with E-state index in [1.54, 1.807) is 12.3 Å². The summed E-state index contributed by atoms with van der Waals surface area (Å²) in [7, 11) is 0. The Balaban J connectivity index is 2.28. The van der Waals surface area contributed by atoms with E-state index in [0.717, 1.165) is 13.1 Å². The van der Waals surface area contributed by atoms with Gasteiger partial charge in [-0.05, 0) is 17.9 Å². The molecule has 1 aromatic rings. The number of hydrogen-bond donors (Lipinski definition) is 1. The molecule has 2 rings (SSSR count). The number of aromatic nitrogens is 1. The van der Waals surface area contributed by atoms with Crippen molar-refractivity contribution in [1.29, 1.82) is 0 Å². The summed E-state index contributed by atoms with van der Waals surface area (Å²) in [6.45, 7) is 6.35. The van der Waals surface area contributed by atoms with Gasteiger partial charge in [0.05, 0.1) is 0 Å². The van der Waals surface area contributed by atoms with Gasteiger partial charge >= 0.3 is 0 Å². The molecule has 2 N–H and O–H groups in total. The third kappa shape index (κ3) is 1.89. The van der Waals surface area contributed by atoms with Gasteiger partial charge in [0.25, 0.3) is 0 Å². The molecule has 1 aliphatic rings. The molecular weight excluding hydrogens is 205 g/mol. The maximum Gasteiger partial charge on any atom is 0.170 e. The summed E-state index contributed by atoms with van der Waals surface area (Å²) in [5.41, 5.74) is 6.03. The van der Waals surface area contributed by atoms with Gasteiger partial charge in [-0.1, -0.05) is 13.8 Å². The summed E-state index contributed by atoms with van der Waals surface area (Å²) in [4.78, 5) is 6.15. The number of anilines is 1. The SMILES string of the molecule is CC1CN(c2nccc(CN)c2F)CC1C. The van der Waals surface area contributed by atoms with Gasteiger partial charge in [-0.2, -0.15) is 0 Å². The maximum atomic E-state index is 14.0. The Morgan fingerprint density at radius 1 is 1.44 bits per heavy atom. The summed E-state index contributed by atoms with van der Waals surface area (Å²) < 4.78 is 14.0. The Labute approximate surface area is 95.5 Å². The first-order chi connectivity index (χ1) is 7.63. The van der Waals surface area contributed by atoms with Gasteiger partial charge < -0.3 is 10.6 Å². The van der Waals surface area contributed by atoms with Crippen molar-refractivity contribution in [3.05, 3.63) is 23.6 Å². The van der Waals surface area contributed by atoms with Crippen LogP contribution in [0.3, 0.4) is 0 Å². The Kier molecular flexibility index (Phi) is 3.10. The summed E-state index contributed by atoms with van der Waals surface area (Å²) in [6, 6.07) is 1.64. The third-order valence-corrected chi connectivity index (χ3v) is 3.46. The fourth-order valence-corrected chi connectivity index (χ4v) is 2.15. The molecule has 0 spiro atoms. The zero-order valence-corrected chi connectivity index (χ0v) is 9.78. The van der Waals surface area contributed by atoms with Crippen molar-refractivity contribution in [2.24, 2.45) is 17.6 Å². The molecule has 0 aromatic carbocycles. The minimum absolute atomic E-state index is 0.223. The topological polar surface area (TPSA) is 42.2 Å². The first-order valence-corrected chi connectivity index (χ1v) is 5.72. The average molecular weight is 223 g/mol. The van der Waals surface area contributed by atoms with E-state index in [9.17, 15) is 4.39 Å². The van der Waals surface area contributed by atoms with Crippen LogP contribution in [0.15, 0.2) is 12.3 Å². The zero-order valence-electron chi connectivity index (χ0n) is 9.78.